The van der Waals surface area contributed by atoms with Gasteiger partial charge in [-0.15, -0.1) is 12.4 Å². The van der Waals surface area contributed by atoms with E-state index in [4.69, 9.17) is 10.1 Å². The molecule has 0 aromatic heterocycles. The van der Waals surface area contributed by atoms with Gasteiger partial charge in [0.2, 0.25) is 5.90 Å². The highest BCUT2D eigenvalue weighted by Crippen LogP contribution is 2.24. The van der Waals surface area contributed by atoms with Crippen molar-refractivity contribution in [2.24, 2.45) is 0 Å². The molecule has 0 saturated heterocycles. The summed E-state index contributed by atoms with van der Waals surface area (Å²) < 4.78 is 4.93. The maximum absolute atomic E-state index is 12.5. The Bertz CT molecular complexity index is 1070. The fraction of sp³-hybridized carbons (Fsp3) is 0.160. The van der Waals surface area contributed by atoms with Crippen molar-refractivity contribution >= 4 is 30.1 Å². The molecule has 6 heteroatoms. The number of nitrogens with one attached hydrogen (secondary N) is 1. The van der Waals surface area contributed by atoms with Crippen molar-refractivity contribution in [3.8, 4) is 0 Å². The summed E-state index contributed by atoms with van der Waals surface area (Å²) in [5, 5.41) is 7.68. The van der Waals surface area contributed by atoms with Crippen molar-refractivity contribution in [3.63, 3.8) is 0 Å². The maximum atomic E-state index is 12.5. The van der Waals surface area contributed by atoms with Gasteiger partial charge < -0.3 is 4.74 Å². The number of benzene rings is 3. The molecule has 2 amide bonds. The van der Waals surface area contributed by atoms with E-state index in [-0.39, 0.29) is 36.7 Å². The Morgan fingerprint density at radius 1 is 0.774 bits per heavy atom. The summed E-state index contributed by atoms with van der Waals surface area (Å²) in [6.45, 7) is 0.277. The minimum Gasteiger partial charge on any atom is -0.481 e. The standard InChI is InChI=1S/C25H22N2O3.ClH/c1-30-23(26)20-14-12-18(13-15-20)7-6-17-8-10-19(11-9-17)16-27-24(28)21-4-2-3-5-22(21)25(27)29;/h2-5,8-15,26H,6-7,16H2,1H3;1H. The summed E-state index contributed by atoms with van der Waals surface area (Å²) in [4.78, 5) is 26.3. The minimum absolute atomic E-state index is 0. The Balaban J connectivity index is 0.00000272. The number of fused-ring (bicyclic) bond motifs is 1. The van der Waals surface area contributed by atoms with E-state index in [1.165, 1.54) is 23.1 Å². The molecule has 0 radical (unpaired) electrons. The summed E-state index contributed by atoms with van der Waals surface area (Å²) in [7, 11) is 1.49. The van der Waals surface area contributed by atoms with Crippen LogP contribution in [0.1, 0.15) is 43.0 Å². The summed E-state index contributed by atoms with van der Waals surface area (Å²) in [5.74, 6) is -0.301. The van der Waals surface area contributed by atoms with Gasteiger partial charge in [0.25, 0.3) is 11.8 Å². The van der Waals surface area contributed by atoms with Crippen LogP contribution in [-0.2, 0) is 24.1 Å². The first-order chi connectivity index (χ1) is 14.6. The van der Waals surface area contributed by atoms with E-state index in [9.17, 15) is 9.59 Å². The van der Waals surface area contributed by atoms with Crippen molar-refractivity contribution in [1.29, 1.82) is 5.41 Å². The number of aryl methyl sites for hydroxylation is 2. The van der Waals surface area contributed by atoms with Crippen LogP contribution in [0.25, 0.3) is 0 Å². The molecule has 0 fully saturated rings. The van der Waals surface area contributed by atoms with Crippen molar-refractivity contribution in [1.82, 2.24) is 4.90 Å². The number of carbonyl (C=O) groups is 2. The molecule has 31 heavy (non-hydrogen) atoms. The molecule has 0 spiro atoms. The number of ether oxygens (including phenoxy) is 1. The van der Waals surface area contributed by atoms with E-state index in [1.54, 1.807) is 24.3 Å². The molecule has 1 aliphatic rings. The molecule has 0 bridgehead atoms. The van der Waals surface area contributed by atoms with Gasteiger partial charge >= 0.3 is 0 Å². The lowest BCUT2D eigenvalue weighted by atomic mass is 10.0. The number of carbonyl (C=O) groups excluding carboxylic acids is 2. The topological polar surface area (TPSA) is 70.5 Å². The summed E-state index contributed by atoms with van der Waals surface area (Å²) in [6.07, 6.45) is 1.77. The van der Waals surface area contributed by atoms with E-state index in [2.05, 4.69) is 0 Å². The number of methoxy groups -OCH3 is 1. The van der Waals surface area contributed by atoms with Gasteiger partial charge in [-0.25, -0.2) is 0 Å². The Morgan fingerprint density at radius 2 is 1.23 bits per heavy atom. The summed E-state index contributed by atoms with van der Waals surface area (Å²) in [6, 6.07) is 22.8. The van der Waals surface area contributed by atoms with Gasteiger partial charge in [0.15, 0.2) is 0 Å². The highest BCUT2D eigenvalue weighted by atomic mass is 35.5. The molecule has 0 atom stereocenters. The number of nitrogens with zero attached hydrogens (tertiary/aromatic N) is 1. The monoisotopic (exact) mass is 434 g/mol. The van der Waals surface area contributed by atoms with Crippen LogP contribution in [0.5, 0.6) is 0 Å². The molecule has 3 aromatic carbocycles. The second-order valence-corrected chi connectivity index (χ2v) is 7.29. The molecule has 0 aliphatic carbocycles. The average molecular weight is 435 g/mol. The number of hydrogen-bond donors (Lipinski definition) is 1. The molecular formula is C25H23ClN2O3. The molecule has 4 rings (SSSR count). The fourth-order valence-corrected chi connectivity index (χ4v) is 3.61. The van der Waals surface area contributed by atoms with E-state index in [0.29, 0.717) is 11.1 Å². The number of hydrogen-bond acceptors (Lipinski definition) is 4. The summed E-state index contributed by atoms with van der Waals surface area (Å²) >= 11 is 0. The third kappa shape index (κ3) is 4.67. The van der Waals surface area contributed by atoms with Gasteiger partial charge in [-0.2, -0.15) is 0 Å². The van der Waals surface area contributed by atoms with Gasteiger partial charge in [-0.3, -0.25) is 19.9 Å². The quantitative estimate of drug-likeness (QED) is 0.348. The first kappa shape index (κ1) is 22.2. The zero-order chi connectivity index (χ0) is 21.1. The Morgan fingerprint density at radius 3 is 1.71 bits per heavy atom. The summed E-state index contributed by atoms with van der Waals surface area (Å²) in [5.41, 5.74) is 5.03. The number of rotatable bonds is 6. The molecule has 0 unspecified atom stereocenters. The zero-order valence-corrected chi connectivity index (χ0v) is 17.9. The number of imide groups is 1. The van der Waals surface area contributed by atoms with E-state index in [0.717, 1.165) is 24.0 Å². The normalized spacial score (nSPS) is 12.4. The largest absolute Gasteiger partial charge is 0.481 e. The molecule has 5 nitrogen and oxygen atoms in total. The first-order valence-corrected chi connectivity index (χ1v) is 9.81. The first-order valence-electron chi connectivity index (χ1n) is 9.81. The molecular weight excluding hydrogens is 412 g/mol. The smallest absolute Gasteiger partial charge is 0.261 e. The van der Waals surface area contributed by atoms with Gasteiger partial charge in [-0.05, 0) is 53.8 Å². The molecule has 1 heterocycles. The van der Waals surface area contributed by atoms with Crippen molar-refractivity contribution in [2.75, 3.05) is 7.11 Å². The molecule has 3 aromatic rings. The number of amides is 2. The van der Waals surface area contributed by atoms with Crippen LogP contribution in [0.15, 0.2) is 72.8 Å². The molecule has 1 aliphatic heterocycles. The van der Waals surface area contributed by atoms with Crippen molar-refractivity contribution < 1.29 is 14.3 Å². The highest BCUT2D eigenvalue weighted by Gasteiger charge is 2.34. The lowest BCUT2D eigenvalue weighted by molar-refractivity contribution is 0.0642. The Labute approximate surface area is 187 Å². The van der Waals surface area contributed by atoms with Crippen LogP contribution in [0.2, 0.25) is 0 Å². The van der Waals surface area contributed by atoms with Gasteiger partial charge in [0, 0.05) is 5.56 Å². The van der Waals surface area contributed by atoms with Crippen molar-refractivity contribution in [3.05, 3.63) is 106 Å². The van der Waals surface area contributed by atoms with Crippen LogP contribution in [0.4, 0.5) is 0 Å². The fourth-order valence-electron chi connectivity index (χ4n) is 3.61. The van der Waals surface area contributed by atoms with Crippen LogP contribution in [-0.4, -0.2) is 29.7 Å². The second-order valence-electron chi connectivity index (χ2n) is 7.29. The van der Waals surface area contributed by atoms with E-state index in [1.807, 2.05) is 48.5 Å². The van der Waals surface area contributed by atoms with Gasteiger partial charge in [-0.1, -0.05) is 48.5 Å². The van der Waals surface area contributed by atoms with Crippen LogP contribution in [0.3, 0.4) is 0 Å². The van der Waals surface area contributed by atoms with E-state index < -0.39 is 0 Å². The predicted octanol–water partition coefficient (Wildman–Crippen LogP) is 4.66. The van der Waals surface area contributed by atoms with Crippen molar-refractivity contribution in [2.45, 2.75) is 19.4 Å². The zero-order valence-electron chi connectivity index (χ0n) is 17.1. The molecule has 158 valence electrons. The third-order valence-electron chi connectivity index (χ3n) is 5.36. The van der Waals surface area contributed by atoms with Crippen LogP contribution < -0.4 is 0 Å². The lowest BCUT2D eigenvalue weighted by Gasteiger charge is -2.14. The van der Waals surface area contributed by atoms with Crippen LogP contribution >= 0.6 is 12.4 Å². The lowest BCUT2D eigenvalue weighted by Crippen LogP contribution is -2.29. The minimum atomic E-state index is -0.232. The van der Waals surface area contributed by atoms with Gasteiger partial charge in [0.1, 0.15) is 0 Å². The average Bonchev–Trinajstić information content (AvgIpc) is 3.03. The van der Waals surface area contributed by atoms with Crippen LogP contribution in [0, 0.1) is 5.41 Å². The van der Waals surface area contributed by atoms with Gasteiger partial charge in [0.05, 0.1) is 24.8 Å². The SMILES string of the molecule is COC(=N)c1ccc(CCc2ccc(CN3C(=O)c4ccccc4C3=O)cc2)cc1.Cl. The number of halogens is 1. The highest BCUT2D eigenvalue weighted by molar-refractivity contribution is 6.21. The molecule has 0 saturated carbocycles. The Kier molecular flexibility index (Phi) is 6.88. The predicted molar refractivity (Wildman–Crippen MR) is 122 cm³/mol. The maximum Gasteiger partial charge on any atom is 0.261 e. The second kappa shape index (κ2) is 9.58. The molecule has 1 N–H and O–H groups in total. The third-order valence-corrected chi connectivity index (χ3v) is 5.36. The van der Waals surface area contributed by atoms with E-state index >= 15 is 0 Å². The Hall–Kier alpha value is -3.44.